The predicted octanol–water partition coefficient (Wildman–Crippen LogP) is 3.68. The van der Waals surface area contributed by atoms with Crippen LogP contribution in [0, 0.1) is 6.92 Å². The molecule has 0 spiro atoms. The maximum Gasteiger partial charge on any atom is 0.124 e. The van der Waals surface area contributed by atoms with Crippen LogP contribution in [0.1, 0.15) is 16.7 Å². The van der Waals surface area contributed by atoms with E-state index in [9.17, 15) is 10.2 Å². The standard InChI is InChI=1S/C15H14ClNO2/c1-10-2-4-14(18)11(6-10)8-17-9-12-7-13(16)3-5-15(12)19/h2-8,18-19H,9H2,1H3. The predicted molar refractivity (Wildman–Crippen MR) is 77.3 cm³/mol. The van der Waals surface area contributed by atoms with Gasteiger partial charge in [0.25, 0.3) is 0 Å². The summed E-state index contributed by atoms with van der Waals surface area (Å²) in [7, 11) is 0. The highest BCUT2D eigenvalue weighted by molar-refractivity contribution is 6.30. The number of nitrogens with zero attached hydrogens (tertiary/aromatic N) is 1. The summed E-state index contributed by atoms with van der Waals surface area (Å²) in [5.41, 5.74) is 2.35. The van der Waals surface area contributed by atoms with Gasteiger partial charge in [-0.05, 0) is 37.3 Å². The second kappa shape index (κ2) is 5.76. The Hall–Kier alpha value is -2.00. The summed E-state index contributed by atoms with van der Waals surface area (Å²) in [4.78, 5) is 4.21. The van der Waals surface area contributed by atoms with Gasteiger partial charge in [-0.3, -0.25) is 4.99 Å². The van der Waals surface area contributed by atoms with Crippen molar-refractivity contribution >= 4 is 17.8 Å². The minimum absolute atomic E-state index is 0.162. The van der Waals surface area contributed by atoms with Crippen molar-refractivity contribution in [3.8, 4) is 11.5 Å². The molecule has 0 bridgehead atoms. The molecule has 0 aromatic heterocycles. The first-order valence-electron chi connectivity index (χ1n) is 5.83. The molecule has 0 atom stereocenters. The minimum Gasteiger partial charge on any atom is -0.508 e. The second-order valence-electron chi connectivity index (χ2n) is 4.31. The molecule has 2 aromatic rings. The lowest BCUT2D eigenvalue weighted by atomic mass is 10.1. The van der Waals surface area contributed by atoms with Crippen LogP contribution in [0.15, 0.2) is 41.4 Å². The van der Waals surface area contributed by atoms with Crippen molar-refractivity contribution in [3.63, 3.8) is 0 Å². The van der Waals surface area contributed by atoms with Gasteiger partial charge in [0, 0.05) is 22.4 Å². The van der Waals surface area contributed by atoms with Crippen molar-refractivity contribution in [2.45, 2.75) is 13.5 Å². The average molecular weight is 276 g/mol. The number of hydrogen-bond donors (Lipinski definition) is 2. The van der Waals surface area contributed by atoms with E-state index in [1.54, 1.807) is 24.4 Å². The van der Waals surface area contributed by atoms with Crippen LogP contribution >= 0.6 is 11.6 Å². The summed E-state index contributed by atoms with van der Waals surface area (Å²) in [6.07, 6.45) is 1.59. The number of phenolic OH excluding ortho intramolecular Hbond substituents is 2. The third-order valence-corrected chi connectivity index (χ3v) is 2.95. The Morgan fingerprint density at radius 3 is 2.63 bits per heavy atom. The highest BCUT2D eigenvalue weighted by atomic mass is 35.5. The molecule has 0 aliphatic rings. The zero-order valence-electron chi connectivity index (χ0n) is 10.5. The molecule has 2 N–H and O–H groups in total. The molecule has 0 aliphatic heterocycles. The molecule has 4 heteroatoms. The Bertz CT molecular complexity index is 624. The lowest BCUT2D eigenvalue weighted by molar-refractivity contribution is 0.468. The molecule has 0 heterocycles. The normalized spacial score (nSPS) is 11.1. The van der Waals surface area contributed by atoms with E-state index in [2.05, 4.69) is 4.99 Å². The van der Waals surface area contributed by atoms with E-state index in [0.717, 1.165) is 5.56 Å². The number of rotatable bonds is 3. The van der Waals surface area contributed by atoms with E-state index in [-0.39, 0.29) is 11.5 Å². The quantitative estimate of drug-likeness (QED) is 0.840. The highest BCUT2D eigenvalue weighted by Gasteiger charge is 2.01. The van der Waals surface area contributed by atoms with Crippen LogP contribution in [0.2, 0.25) is 5.02 Å². The molecule has 2 rings (SSSR count). The van der Waals surface area contributed by atoms with E-state index < -0.39 is 0 Å². The molecule has 0 radical (unpaired) electrons. The Kier molecular flexibility index (Phi) is 4.07. The fourth-order valence-corrected chi connectivity index (χ4v) is 1.90. The lowest BCUT2D eigenvalue weighted by Crippen LogP contribution is -1.87. The average Bonchev–Trinajstić information content (AvgIpc) is 2.38. The molecule has 19 heavy (non-hydrogen) atoms. The van der Waals surface area contributed by atoms with Crippen LogP contribution in [-0.4, -0.2) is 16.4 Å². The first-order chi connectivity index (χ1) is 9.06. The van der Waals surface area contributed by atoms with Gasteiger partial charge in [-0.1, -0.05) is 23.2 Å². The lowest BCUT2D eigenvalue weighted by Gasteiger charge is -2.02. The molecular formula is C15H14ClNO2. The Balaban J connectivity index is 2.15. The van der Waals surface area contributed by atoms with Crippen molar-refractivity contribution in [3.05, 3.63) is 58.1 Å². The molecule has 98 valence electrons. The number of hydrogen-bond acceptors (Lipinski definition) is 3. The zero-order chi connectivity index (χ0) is 13.8. The Labute approximate surface area is 116 Å². The summed E-state index contributed by atoms with van der Waals surface area (Å²) in [5, 5.41) is 19.9. The smallest absolute Gasteiger partial charge is 0.124 e. The molecular weight excluding hydrogens is 262 g/mol. The van der Waals surface area contributed by atoms with E-state index in [1.807, 2.05) is 19.1 Å². The summed E-state index contributed by atoms with van der Waals surface area (Å²) < 4.78 is 0. The molecule has 0 saturated heterocycles. The van der Waals surface area contributed by atoms with Crippen LogP contribution in [-0.2, 0) is 6.54 Å². The van der Waals surface area contributed by atoms with Crippen molar-refractivity contribution in [2.75, 3.05) is 0 Å². The molecule has 2 aromatic carbocycles. The number of aromatic hydroxyl groups is 2. The first kappa shape index (κ1) is 13.4. The van der Waals surface area contributed by atoms with E-state index >= 15 is 0 Å². The van der Waals surface area contributed by atoms with E-state index in [4.69, 9.17) is 11.6 Å². The maximum atomic E-state index is 9.67. The van der Waals surface area contributed by atoms with Gasteiger partial charge in [0.2, 0.25) is 0 Å². The number of aryl methyl sites for hydroxylation is 1. The number of aliphatic imine (C=N–C) groups is 1. The maximum absolute atomic E-state index is 9.67. The van der Waals surface area contributed by atoms with Crippen molar-refractivity contribution in [1.82, 2.24) is 0 Å². The molecule has 0 amide bonds. The summed E-state index contributed by atoms with van der Waals surface area (Å²) in [6.45, 7) is 2.25. The SMILES string of the molecule is Cc1ccc(O)c(C=NCc2cc(Cl)ccc2O)c1. The highest BCUT2D eigenvalue weighted by Crippen LogP contribution is 2.22. The van der Waals surface area contributed by atoms with Gasteiger partial charge in [-0.2, -0.15) is 0 Å². The molecule has 0 fully saturated rings. The third-order valence-electron chi connectivity index (χ3n) is 2.72. The van der Waals surface area contributed by atoms with Gasteiger partial charge in [0.1, 0.15) is 11.5 Å². The monoisotopic (exact) mass is 275 g/mol. The van der Waals surface area contributed by atoms with Gasteiger partial charge in [0.05, 0.1) is 6.54 Å². The van der Waals surface area contributed by atoms with Crippen LogP contribution in [0.5, 0.6) is 11.5 Å². The Morgan fingerprint density at radius 2 is 1.84 bits per heavy atom. The topological polar surface area (TPSA) is 52.8 Å². The van der Waals surface area contributed by atoms with Crippen molar-refractivity contribution in [1.29, 1.82) is 0 Å². The van der Waals surface area contributed by atoms with Crippen LogP contribution < -0.4 is 0 Å². The van der Waals surface area contributed by atoms with Gasteiger partial charge in [-0.25, -0.2) is 0 Å². The van der Waals surface area contributed by atoms with Gasteiger partial charge in [-0.15, -0.1) is 0 Å². The molecule has 0 saturated carbocycles. The van der Waals surface area contributed by atoms with Crippen molar-refractivity contribution < 1.29 is 10.2 Å². The van der Waals surface area contributed by atoms with E-state index in [1.165, 1.54) is 6.07 Å². The zero-order valence-corrected chi connectivity index (χ0v) is 11.2. The van der Waals surface area contributed by atoms with Crippen LogP contribution in [0.3, 0.4) is 0 Å². The van der Waals surface area contributed by atoms with E-state index in [0.29, 0.717) is 22.7 Å². The fourth-order valence-electron chi connectivity index (χ4n) is 1.70. The number of phenols is 2. The number of halogens is 1. The minimum atomic E-state index is 0.162. The molecule has 3 nitrogen and oxygen atoms in total. The van der Waals surface area contributed by atoms with Gasteiger partial charge in [0.15, 0.2) is 0 Å². The van der Waals surface area contributed by atoms with Crippen LogP contribution in [0.25, 0.3) is 0 Å². The number of benzene rings is 2. The Morgan fingerprint density at radius 1 is 1.11 bits per heavy atom. The second-order valence-corrected chi connectivity index (χ2v) is 4.74. The first-order valence-corrected chi connectivity index (χ1v) is 6.21. The summed E-state index contributed by atoms with van der Waals surface area (Å²) in [6, 6.07) is 10.1. The van der Waals surface area contributed by atoms with Crippen molar-refractivity contribution in [2.24, 2.45) is 4.99 Å². The largest absolute Gasteiger partial charge is 0.508 e. The fraction of sp³-hybridized carbons (Fsp3) is 0.133. The molecule has 0 unspecified atom stereocenters. The summed E-state index contributed by atoms with van der Waals surface area (Å²) >= 11 is 5.86. The third kappa shape index (κ3) is 3.48. The van der Waals surface area contributed by atoms with Crippen LogP contribution in [0.4, 0.5) is 0 Å². The summed E-state index contributed by atoms with van der Waals surface area (Å²) in [5.74, 6) is 0.347. The van der Waals surface area contributed by atoms with Gasteiger partial charge >= 0.3 is 0 Å². The molecule has 0 aliphatic carbocycles. The van der Waals surface area contributed by atoms with Gasteiger partial charge < -0.3 is 10.2 Å².